The van der Waals surface area contributed by atoms with Gasteiger partial charge in [-0.2, -0.15) is 0 Å². The molecule has 4 heteroatoms. The third kappa shape index (κ3) is 1.48. The molecular weight excluding hydrogens is 194 g/mol. The second-order valence-electron chi connectivity index (χ2n) is 3.45. The van der Waals surface area contributed by atoms with Gasteiger partial charge in [-0.3, -0.25) is 4.79 Å². The van der Waals surface area contributed by atoms with Gasteiger partial charge in [0.2, 0.25) is 5.91 Å². The summed E-state index contributed by atoms with van der Waals surface area (Å²) in [7, 11) is 0. The van der Waals surface area contributed by atoms with Crippen molar-refractivity contribution in [3.63, 3.8) is 0 Å². The van der Waals surface area contributed by atoms with E-state index in [9.17, 15) is 14.7 Å². The van der Waals surface area contributed by atoms with E-state index < -0.39 is 5.97 Å². The van der Waals surface area contributed by atoms with Crippen molar-refractivity contribution in [3.8, 4) is 0 Å². The van der Waals surface area contributed by atoms with Crippen LogP contribution in [0.1, 0.15) is 22.8 Å². The van der Waals surface area contributed by atoms with E-state index in [0.29, 0.717) is 18.7 Å². The number of carboxylic acid groups (broad SMARTS) is 1. The second kappa shape index (κ2) is 3.38. The van der Waals surface area contributed by atoms with E-state index in [0.717, 1.165) is 5.56 Å². The first kappa shape index (κ1) is 9.71. The van der Waals surface area contributed by atoms with Gasteiger partial charge in [0.15, 0.2) is 0 Å². The predicted octanol–water partition coefficient (Wildman–Crippen LogP) is -0.0409. The number of carboxylic acids is 1. The van der Waals surface area contributed by atoms with Crippen LogP contribution in [0.15, 0.2) is 18.2 Å². The fourth-order valence-electron chi connectivity index (χ4n) is 1.83. The molecule has 0 spiro atoms. The minimum atomic E-state index is -1.21. The van der Waals surface area contributed by atoms with Crippen molar-refractivity contribution in [2.75, 3.05) is 11.4 Å². The molecule has 0 unspecified atom stereocenters. The van der Waals surface area contributed by atoms with Crippen molar-refractivity contribution < 1.29 is 14.7 Å². The maximum absolute atomic E-state index is 11.5. The highest BCUT2D eigenvalue weighted by atomic mass is 16.4. The molecule has 78 valence electrons. The maximum Gasteiger partial charge on any atom is 0.231 e. The zero-order valence-corrected chi connectivity index (χ0v) is 8.32. The van der Waals surface area contributed by atoms with Crippen molar-refractivity contribution in [1.29, 1.82) is 0 Å². The predicted molar refractivity (Wildman–Crippen MR) is 52.5 cm³/mol. The number of fused-ring (bicyclic) bond motifs is 1. The van der Waals surface area contributed by atoms with Crippen LogP contribution in [-0.2, 0) is 11.2 Å². The van der Waals surface area contributed by atoms with Crippen LogP contribution in [0.5, 0.6) is 0 Å². The number of amides is 1. The van der Waals surface area contributed by atoms with E-state index in [2.05, 4.69) is 0 Å². The van der Waals surface area contributed by atoms with Gasteiger partial charge in [-0.25, -0.2) is 0 Å². The number of aromatic carboxylic acids is 1. The lowest BCUT2D eigenvalue weighted by molar-refractivity contribution is -0.255. The molecule has 1 aromatic carbocycles. The summed E-state index contributed by atoms with van der Waals surface area (Å²) < 4.78 is 0. The Kier molecular flexibility index (Phi) is 2.19. The number of benzene rings is 1. The molecule has 1 heterocycles. The fraction of sp³-hybridized carbons (Fsp3) is 0.273. The van der Waals surface area contributed by atoms with Crippen LogP contribution in [0.4, 0.5) is 5.69 Å². The molecule has 0 bridgehead atoms. The minimum Gasteiger partial charge on any atom is -0.545 e. The molecule has 0 aliphatic carbocycles. The number of hydrogen-bond acceptors (Lipinski definition) is 3. The standard InChI is InChI=1S/C11H11NO3/c1-2-12-9-5-8(11(14)15)4-3-7(9)6-10(12)13/h3-5H,2,6H2,1H3,(H,14,15)/p-1. The largest absolute Gasteiger partial charge is 0.545 e. The van der Waals surface area contributed by atoms with Gasteiger partial charge in [-0.1, -0.05) is 12.1 Å². The monoisotopic (exact) mass is 204 g/mol. The maximum atomic E-state index is 11.5. The van der Waals surface area contributed by atoms with Gasteiger partial charge in [0.1, 0.15) is 0 Å². The number of rotatable bonds is 2. The quantitative estimate of drug-likeness (QED) is 0.679. The third-order valence-corrected chi connectivity index (χ3v) is 2.57. The minimum absolute atomic E-state index is 0.0167. The molecule has 0 saturated heterocycles. The van der Waals surface area contributed by atoms with Crippen molar-refractivity contribution in [2.45, 2.75) is 13.3 Å². The van der Waals surface area contributed by atoms with Gasteiger partial charge in [0.05, 0.1) is 12.4 Å². The number of carbonyl (C=O) groups is 2. The summed E-state index contributed by atoms with van der Waals surface area (Å²) in [4.78, 5) is 23.8. The van der Waals surface area contributed by atoms with Crippen molar-refractivity contribution in [2.24, 2.45) is 0 Å². The Morgan fingerprint density at radius 3 is 2.87 bits per heavy atom. The topological polar surface area (TPSA) is 60.4 Å². The van der Waals surface area contributed by atoms with Crippen molar-refractivity contribution >= 4 is 17.6 Å². The molecule has 15 heavy (non-hydrogen) atoms. The molecule has 0 atom stereocenters. The van der Waals surface area contributed by atoms with Gasteiger partial charge >= 0.3 is 0 Å². The summed E-state index contributed by atoms with van der Waals surface area (Å²) in [6, 6.07) is 4.65. The lowest BCUT2D eigenvalue weighted by Crippen LogP contribution is -2.26. The molecule has 0 saturated carbocycles. The molecule has 0 aromatic heterocycles. The lowest BCUT2D eigenvalue weighted by atomic mass is 10.1. The summed E-state index contributed by atoms with van der Waals surface area (Å²) in [5, 5.41) is 10.7. The van der Waals surface area contributed by atoms with Crippen LogP contribution in [0.2, 0.25) is 0 Å². The lowest BCUT2D eigenvalue weighted by Gasteiger charge is -2.15. The molecular formula is C11H10NO3-. The van der Waals surface area contributed by atoms with Gasteiger partial charge in [-0.05, 0) is 24.1 Å². The number of carbonyl (C=O) groups excluding carboxylic acids is 2. The molecule has 4 nitrogen and oxygen atoms in total. The summed E-state index contributed by atoms with van der Waals surface area (Å²) in [6.07, 6.45) is 0.358. The van der Waals surface area contributed by atoms with Crippen LogP contribution in [0, 0.1) is 0 Å². The Bertz CT molecular complexity index is 439. The van der Waals surface area contributed by atoms with E-state index in [1.54, 1.807) is 11.0 Å². The summed E-state index contributed by atoms with van der Waals surface area (Å²) in [6.45, 7) is 2.42. The van der Waals surface area contributed by atoms with E-state index in [4.69, 9.17) is 0 Å². The van der Waals surface area contributed by atoms with Gasteiger partial charge in [0.25, 0.3) is 0 Å². The second-order valence-corrected chi connectivity index (χ2v) is 3.45. The van der Waals surface area contributed by atoms with Gasteiger partial charge in [0, 0.05) is 12.2 Å². The number of nitrogens with zero attached hydrogens (tertiary/aromatic N) is 1. The van der Waals surface area contributed by atoms with E-state index in [1.165, 1.54) is 12.1 Å². The highest BCUT2D eigenvalue weighted by molar-refractivity contribution is 6.02. The average Bonchev–Trinajstić information content (AvgIpc) is 2.51. The van der Waals surface area contributed by atoms with Crippen LogP contribution < -0.4 is 10.0 Å². The van der Waals surface area contributed by atoms with E-state index >= 15 is 0 Å². The Hall–Kier alpha value is -1.84. The smallest absolute Gasteiger partial charge is 0.231 e. The highest BCUT2D eigenvalue weighted by Crippen LogP contribution is 2.29. The molecule has 0 radical (unpaired) electrons. The Balaban J connectivity index is 2.49. The number of hydrogen-bond donors (Lipinski definition) is 0. The van der Waals surface area contributed by atoms with E-state index in [1.807, 2.05) is 6.92 Å². The normalized spacial score (nSPS) is 14.2. The number of anilines is 1. The van der Waals surface area contributed by atoms with E-state index in [-0.39, 0.29) is 11.5 Å². The molecule has 1 aliphatic rings. The Morgan fingerprint density at radius 2 is 2.27 bits per heavy atom. The zero-order chi connectivity index (χ0) is 11.0. The SMILES string of the molecule is CCN1C(=O)Cc2ccc(C(=O)[O-])cc21. The van der Waals surface area contributed by atoms with Gasteiger partial charge < -0.3 is 14.8 Å². The number of likely N-dealkylation sites (N-methyl/N-ethyl adjacent to an activating group) is 1. The molecule has 1 amide bonds. The molecule has 0 N–H and O–H groups in total. The summed E-state index contributed by atoms with van der Waals surface area (Å²) in [5.41, 5.74) is 1.69. The first-order valence-corrected chi connectivity index (χ1v) is 4.78. The molecule has 2 rings (SSSR count). The van der Waals surface area contributed by atoms with Crippen LogP contribution >= 0.6 is 0 Å². The molecule has 1 aliphatic heterocycles. The highest BCUT2D eigenvalue weighted by Gasteiger charge is 2.25. The van der Waals surface area contributed by atoms with Gasteiger partial charge in [-0.15, -0.1) is 0 Å². The average molecular weight is 204 g/mol. The van der Waals surface area contributed by atoms with Crippen molar-refractivity contribution in [3.05, 3.63) is 29.3 Å². The summed E-state index contributed by atoms with van der Waals surface area (Å²) >= 11 is 0. The Morgan fingerprint density at radius 1 is 1.53 bits per heavy atom. The third-order valence-electron chi connectivity index (χ3n) is 2.57. The molecule has 1 aromatic rings. The van der Waals surface area contributed by atoms with Crippen LogP contribution in [-0.4, -0.2) is 18.4 Å². The van der Waals surface area contributed by atoms with Crippen LogP contribution in [0.3, 0.4) is 0 Å². The first-order chi connectivity index (χ1) is 7.13. The molecule has 0 fully saturated rings. The van der Waals surface area contributed by atoms with Crippen molar-refractivity contribution in [1.82, 2.24) is 0 Å². The Labute approximate surface area is 87.1 Å². The summed E-state index contributed by atoms with van der Waals surface area (Å²) in [5.74, 6) is -1.20. The first-order valence-electron chi connectivity index (χ1n) is 4.78. The van der Waals surface area contributed by atoms with Crippen LogP contribution in [0.25, 0.3) is 0 Å². The fourth-order valence-corrected chi connectivity index (χ4v) is 1.83. The zero-order valence-electron chi connectivity index (χ0n) is 8.32.